The topological polar surface area (TPSA) is 59.8 Å². The van der Waals surface area contributed by atoms with Crippen molar-refractivity contribution in [1.82, 2.24) is 20.1 Å². The van der Waals surface area contributed by atoms with Crippen LogP contribution in [0.5, 0.6) is 0 Å². The van der Waals surface area contributed by atoms with E-state index >= 15 is 0 Å². The third-order valence-corrected chi connectivity index (χ3v) is 6.15. The fourth-order valence-corrected chi connectivity index (χ4v) is 4.09. The van der Waals surface area contributed by atoms with E-state index in [0.29, 0.717) is 0 Å². The zero-order chi connectivity index (χ0) is 21.1. The van der Waals surface area contributed by atoms with Crippen molar-refractivity contribution >= 4 is 28.4 Å². The molecule has 0 fully saturated rings. The summed E-state index contributed by atoms with van der Waals surface area (Å²) in [7, 11) is 1.92. The Morgan fingerprint density at radius 3 is 2.53 bits per heavy atom. The van der Waals surface area contributed by atoms with Crippen molar-refractivity contribution in [2.24, 2.45) is 7.05 Å². The van der Waals surface area contributed by atoms with Crippen LogP contribution in [-0.4, -0.2) is 26.4 Å². The first-order chi connectivity index (χ1) is 14.5. The highest BCUT2D eigenvalue weighted by Crippen LogP contribution is 2.24. The van der Waals surface area contributed by atoms with Gasteiger partial charge in [0.25, 0.3) is 0 Å². The molecule has 0 aliphatic heterocycles. The van der Waals surface area contributed by atoms with Gasteiger partial charge in [-0.05, 0) is 36.2 Å². The van der Waals surface area contributed by atoms with Gasteiger partial charge >= 0.3 is 0 Å². The minimum absolute atomic E-state index is 0.0273. The summed E-state index contributed by atoms with van der Waals surface area (Å²) < 4.78 is 1.93. The maximum Gasteiger partial charge on any atom is 0.230 e. The van der Waals surface area contributed by atoms with Crippen molar-refractivity contribution in [3.8, 4) is 11.4 Å². The molecule has 4 aromatic rings. The number of carbonyl (C=O) groups is 1. The van der Waals surface area contributed by atoms with Gasteiger partial charge in [-0.1, -0.05) is 78.0 Å². The van der Waals surface area contributed by atoms with Gasteiger partial charge in [-0.25, -0.2) is 0 Å². The molecule has 30 heavy (non-hydrogen) atoms. The van der Waals surface area contributed by atoms with E-state index in [9.17, 15) is 4.79 Å². The summed E-state index contributed by atoms with van der Waals surface area (Å²) in [5, 5.41) is 14.7. The maximum absolute atomic E-state index is 12.5. The normalized spacial score (nSPS) is 12.1. The quantitative estimate of drug-likeness (QED) is 0.454. The lowest BCUT2D eigenvalue weighted by atomic mass is 10.0. The summed E-state index contributed by atoms with van der Waals surface area (Å²) in [4.78, 5) is 12.5. The van der Waals surface area contributed by atoms with Crippen molar-refractivity contribution < 1.29 is 4.79 Å². The smallest absolute Gasteiger partial charge is 0.230 e. The van der Waals surface area contributed by atoms with Crippen LogP contribution in [0.15, 0.2) is 71.9 Å². The lowest BCUT2D eigenvalue weighted by molar-refractivity contribution is -0.119. The van der Waals surface area contributed by atoms with Gasteiger partial charge in [0.2, 0.25) is 5.91 Å². The van der Waals surface area contributed by atoms with Crippen LogP contribution in [-0.2, 0) is 11.8 Å². The third-order valence-electron chi connectivity index (χ3n) is 5.13. The number of aromatic nitrogens is 3. The second kappa shape index (κ2) is 8.71. The Bertz CT molecular complexity index is 1180. The highest BCUT2D eigenvalue weighted by molar-refractivity contribution is 7.99. The second-order valence-electron chi connectivity index (χ2n) is 7.42. The van der Waals surface area contributed by atoms with E-state index in [0.717, 1.165) is 22.1 Å². The first-order valence-electron chi connectivity index (χ1n) is 9.88. The molecular formula is C24H24N4OS. The summed E-state index contributed by atoms with van der Waals surface area (Å²) in [6.45, 7) is 4.06. The van der Waals surface area contributed by atoms with E-state index in [1.54, 1.807) is 0 Å². The number of benzene rings is 3. The van der Waals surface area contributed by atoms with E-state index in [1.807, 2.05) is 42.8 Å². The number of nitrogens with zero attached hydrogens (tertiary/aromatic N) is 3. The number of hydrogen-bond donors (Lipinski definition) is 1. The molecule has 4 rings (SSSR count). The van der Waals surface area contributed by atoms with Crippen molar-refractivity contribution in [3.63, 3.8) is 0 Å². The second-order valence-corrected chi connectivity index (χ2v) is 8.36. The van der Waals surface area contributed by atoms with Crippen molar-refractivity contribution in [1.29, 1.82) is 0 Å². The molecule has 3 aromatic carbocycles. The zero-order valence-corrected chi connectivity index (χ0v) is 18.1. The first kappa shape index (κ1) is 20.2. The van der Waals surface area contributed by atoms with E-state index in [2.05, 4.69) is 64.9 Å². The Hall–Kier alpha value is -3.12. The molecule has 0 aliphatic rings. The van der Waals surface area contributed by atoms with Gasteiger partial charge in [-0.15, -0.1) is 10.2 Å². The van der Waals surface area contributed by atoms with Crippen LogP contribution in [0.4, 0.5) is 0 Å². The zero-order valence-electron chi connectivity index (χ0n) is 17.3. The number of aryl methyl sites for hydroxylation is 1. The van der Waals surface area contributed by atoms with E-state index in [-0.39, 0.29) is 17.7 Å². The molecule has 1 unspecified atom stereocenters. The van der Waals surface area contributed by atoms with Gasteiger partial charge in [0, 0.05) is 12.6 Å². The van der Waals surface area contributed by atoms with Gasteiger partial charge in [0.1, 0.15) is 0 Å². The molecule has 6 heteroatoms. The minimum atomic E-state index is -0.0645. The molecule has 1 aromatic heterocycles. The Morgan fingerprint density at radius 1 is 1.03 bits per heavy atom. The highest BCUT2D eigenvalue weighted by Gasteiger charge is 2.15. The van der Waals surface area contributed by atoms with E-state index in [4.69, 9.17) is 0 Å². The van der Waals surface area contributed by atoms with Gasteiger partial charge in [-0.3, -0.25) is 4.79 Å². The fourth-order valence-electron chi connectivity index (χ4n) is 3.37. The number of amides is 1. The Morgan fingerprint density at radius 2 is 1.77 bits per heavy atom. The van der Waals surface area contributed by atoms with Crippen LogP contribution in [0, 0.1) is 6.92 Å². The fraction of sp³-hybridized carbons (Fsp3) is 0.208. The lowest BCUT2D eigenvalue weighted by Gasteiger charge is -2.15. The molecular weight excluding hydrogens is 392 g/mol. The first-order valence-corrected chi connectivity index (χ1v) is 10.9. The standard InChI is InChI=1S/C24H24N4OS/c1-16-8-10-19(11-9-16)23-26-27-24(28(23)3)30-15-22(29)25-17(2)20-13-12-18-6-4-5-7-21(18)14-20/h4-14,17H,15H2,1-3H3,(H,25,29). The summed E-state index contributed by atoms with van der Waals surface area (Å²) in [5.41, 5.74) is 3.30. The molecule has 0 saturated carbocycles. The average Bonchev–Trinajstić information content (AvgIpc) is 3.12. The van der Waals surface area contributed by atoms with Crippen LogP contribution < -0.4 is 5.32 Å². The largest absolute Gasteiger partial charge is 0.349 e. The number of nitrogens with one attached hydrogen (secondary N) is 1. The van der Waals surface area contributed by atoms with Crippen LogP contribution >= 0.6 is 11.8 Å². The van der Waals surface area contributed by atoms with Crippen LogP contribution in [0.2, 0.25) is 0 Å². The molecule has 0 saturated heterocycles. The number of rotatable bonds is 6. The summed E-state index contributed by atoms with van der Waals surface area (Å²) in [6, 6.07) is 22.6. The molecule has 5 nitrogen and oxygen atoms in total. The lowest BCUT2D eigenvalue weighted by Crippen LogP contribution is -2.28. The average molecular weight is 417 g/mol. The number of fused-ring (bicyclic) bond motifs is 1. The molecule has 0 radical (unpaired) electrons. The Labute approximate surface area is 180 Å². The van der Waals surface area contributed by atoms with Gasteiger partial charge in [-0.2, -0.15) is 0 Å². The molecule has 1 amide bonds. The third kappa shape index (κ3) is 4.39. The van der Waals surface area contributed by atoms with Crippen molar-refractivity contribution in [2.45, 2.75) is 25.0 Å². The molecule has 1 N–H and O–H groups in total. The summed E-state index contributed by atoms with van der Waals surface area (Å²) >= 11 is 1.39. The van der Waals surface area contributed by atoms with Crippen LogP contribution in [0.25, 0.3) is 22.2 Å². The highest BCUT2D eigenvalue weighted by atomic mass is 32.2. The van der Waals surface area contributed by atoms with Gasteiger partial charge in [0.05, 0.1) is 11.8 Å². The maximum atomic E-state index is 12.5. The van der Waals surface area contributed by atoms with Crippen molar-refractivity contribution in [2.75, 3.05) is 5.75 Å². The monoisotopic (exact) mass is 416 g/mol. The Kier molecular flexibility index (Phi) is 5.86. The summed E-state index contributed by atoms with van der Waals surface area (Å²) in [6.07, 6.45) is 0. The van der Waals surface area contributed by atoms with E-state index in [1.165, 1.54) is 28.1 Å². The van der Waals surface area contributed by atoms with Crippen LogP contribution in [0.1, 0.15) is 24.1 Å². The minimum Gasteiger partial charge on any atom is -0.349 e. The molecule has 0 bridgehead atoms. The van der Waals surface area contributed by atoms with Crippen LogP contribution in [0.3, 0.4) is 0 Å². The van der Waals surface area contributed by atoms with E-state index < -0.39 is 0 Å². The van der Waals surface area contributed by atoms with Gasteiger partial charge in [0.15, 0.2) is 11.0 Å². The molecule has 0 spiro atoms. The van der Waals surface area contributed by atoms with Gasteiger partial charge < -0.3 is 9.88 Å². The predicted molar refractivity (Wildman–Crippen MR) is 122 cm³/mol. The number of carbonyl (C=O) groups excluding carboxylic acids is 1. The molecule has 1 atom stereocenters. The summed E-state index contributed by atoms with van der Waals surface area (Å²) in [5.74, 6) is 1.06. The number of thioether (sulfide) groups is 1. The SMILES string of the molecule is Cc1ccc(-c2nnc(SCC(=O)NC(C)c3ccc4ccccc4c3)n2C)cc1. The Balaban J connectivity index is 1.38. The molecule has 0 aliphatic carbocycles. The predicted octanol–water partition coefficient (Wildman–Crippen LogP) is 4.91. The number of hydrogen-bond acceptors (Lipinski definition) is 4. The molecule has 152 valence electrons. The van der Waals surface area contributed by atoms with Crippen molar-refractivity contribution in [3.05, 3.63) is 77.9 Å². The molecule has 1 heterocycles.